The van der Waals surface area contributed by atoms with Gasteiger partial charge in [-0.2, -0.15) is 0 Å². The quantitative estimate of drug-likeness (QED) is 0.858. The number of halogens is 1. The van der Waals surface area contributed by atoms with E-state index in [-0.39, 0.29) is 12.3 Å². The van der Waals surface area contributed by atoms with Crippen molar-refractivity contribution in [3.8, 4) is 17.0 Å². The van der Waals surface area contributed by atoms with Gasteiger partial charge >= 0.3 is 0 Å². The Balaban J connectivity index is 2.34. The fourth-order valence-corrected chi connectivity index (χ4v) is 3.72. The molecule has 0 aliphatic carbocycles. The minimum atomic E-state index is -3.24. The molecule has 8 heteroatoms. The van der Waals surface area contributed by atoms with Crippen LogP contribution in [0, 0.1) is 6.92 Å². The minimum Gasteiger partial charge on any atom is -0.495 e. The van der Waals surface area contributed by atoms with Crippen molar-refractivity contribution >= 4 is 33.0 Å². The van der Waals surface area contributed by atoms with E-state index in [1.165, 1.54) is 11.3 Å². The van der Waals surface area contributed by atoms with Gasteiger partial charge in [0.1, 0.15) is 5.75 Å². The first-order valence-corrected chi connectivity index (χ1v) is 9.48. The highest BCUT2D eigenvalue weighted by atomic mass is 35.5. The van der Waals surface area contributed by atoms with Crippen LogP contribution in [0.2, 0.25) is 5.02 Å². The van der Waals surface area contributed by atoms with Gasteiger partial charge in [0.05, 0.1) is 28.6 Å². The number of rotatable bonds is 6. The molecule has 0 spiro atoms. The summed E-state index contributed by atoms with van der Waals surface area (Å²) in [6, 6.07) is 5.40. The number of ether oxygens (including phenoxy) is 1. The van der Waals surface area contributed by atoms with E-state index in [1.807, 2.05) is 13.0 Å². The van der Waals surface area contributed by atoms with Crippen LogP contribution in [0.5, 0.6) is 5.75 Å². The van der Waals surface area contributed by atoms with Crippen LogP contribution in [-0.2, 0) is 16.6 Å². The molecule has 0 radical (unpaired) electrons. The van der Waals surface area contributed by atoms with Crippen molar-refractivity contribution in [1.82, 2.24) is 9.71 Å². The summed E-state index contributed by atoms with van der Waals surface area (Å²) in [6.07, 6.45) is 0. The van der Waals surface area contributed by atoms with E-state index in [4.69, 9.17) is 16.3 Å². The van der Waals surface area contributed by atoms with E-state index in [0.717, 1.165) is 21.1 Å². The molecule has 0 bridgehead atoms. The van der Waals surface area contributed by atoms with Gasteiger partial charge < -0.3 is 4.74 Å². The number of sulfonamides is 1. The third-order valence-electron chi connectivity index (χ3n) is 3.06. The standard InChI is InChI=1S/C14H17ClN2O3S2/c1-4-22(18,19)16-8-13-14(17-9(2)21-13)10-5-6-12(20-3)11(15)7-10/h5-7,16H,4,8H2,1-3H3. The average Bonchev–Trinajstić information content (AvgIpc) is 2.86. The van der Waals surface area contributed by atoms with Crippen molar-refractivity contribution in [3.05, 3.63) is 33.1 Å². The normalized spacial score (nSPS) is 11.6. The molecule has 1 aromatic carbocycles. The first kappa shape index (κ1) is 17.2. The Kier molecular flexibility index (Phi) is 5.44. The van der Waals surface area contributed by atoms with Crippen LogP contribution < -0.4 is 9.46 Å². The molecule has 1 heterocycles. The minimum absolute atomic E-state index is 0.0501. The molecule has 2 aromatic rings. The zero-order valence-electron chi connectivity index (χ0n) is 12.5. The smallest absolute Gasteiger partial charge is 0.211 e. The Morgan fingerprint density at radius 1 is 1.41 bits per heavy atom. The molecule has 0 aliphatic rings. The summed E-state index contributed by atoms with van der Waals surface area (Å²) in [5.41, 5.74) is 1.58. The molecule has 0 unspecified atom stereocenters. The van der Waals surface area contributed by atoms with Crippen LogP contribution in [-0.4, -0.2) is 26.3 Å². The molecule has 0 saturated heterocycles. The highest BCUT2D eigenvalue weighted by Crippen LogP contribution is 2.33. The van der Waals surface area contributed by atoms with Gasteiger partial charge in [-0.1, -0.05) is 11.6 Å². The van der Waals surface area contributed by atoms with Crippen molar-refractivity contribution in [2.75, 3.05) is 12.9 Å². The van der Waals surface area contributed by atoms with Gasteiger partial charge in [0.2, 0.25) is 10.0 Å². The average molecular weight is 361 g/mol. The molecule has 5 nitrogen and oxygen atoms in total. The third kappa shape index (κ3) is 3.98. The summed E-state index contributed by atoms with van der Waals surface area (Å²) >= 11 is 7.61. The van der Waals surface area contributed by atoms with Crippen LogP contribution in [0.15, 0.2) is 18.2 Å². The van der Waals surface area contributed by atoms with Crippen LogP contribution in [0.25, 0.3) is 11.3 Å². The number of benzene rings is 1. The lowest BCUT2D eigenvalue weighted by atomic mass is 10.1. The van der Waals surface area contributed by atoms with Crippen molar-refractivity contribution < 1.29 is 13.2 Å². The highest BCUT2D eigenvalue weighted by Gasteiger charge is 2.15. The van der Waals surface area contributed by atoms with Crippen LogP contribution in [0.3, 0.4) is 0 Å². The maximum absolute atomic E-state index is 11.6. The number of nitrogens with zero attached hydrogens (tertiary/aromatic N) is 1. The molecule has 0 amide bonds. The number of methoxy groups -OCH3 is 1. The summed E-state index contributed by atoms with van der Waals surface area (Å²) in [4.78, 5) is 5.35. The third-order valence-corrected chi connectivity index (χ3v) is 5.67. The second kappa shape index (κ2) is 6.95. The lowest BCUT2D eigenvalue weighted by molar-refractivity contribution is 0.415. The number of aryl methyl sites for hydroxylation is 1. The Morgan fingerprint density at radius 3 is 2.73 bits per heavy atom. The van der Waals surface area contributed by atoms with Gasteiger partial charge in [-0.05, 0) is 32.0 Å². The Morgan fingerprint density at radius 2 is 2.14 bits per heavy atom. The molecule has 120 valence electrons. The number of hydrogen-bond acceptors (Lipinski definition) is 5. The second-order valence-electron chi connectivity index (χ2n) is 4.58. The van der Waals surface area contributed by atoms with E-state index in [9.17, 15) is 8.42 Å². The maximum atomic E-state index is 11.6. The second-order valence-corrected chi connectivity index (χ2v) is 8.37. The monoisotopic (exact) mass is 360 g/mol. The van der Waals surface area contributed by atoms with E-state index >= 15 is 0 Å². The predicted molar refractivity (Wildman–Crippen MR) is 90.1 cm³/mol. The summed E-state index contributed by atoms with van der Waals surface area (Å²) in [6.45, 7) is 3.71. The van der Waals surface area contributed by atoms with Gasteiger partial charge in [0, 0.05) is 17.0 Å². The largest absolute Gasteiger partial charge is 0.495 e. The lowest BCUT2D eigenvalue weighted by Crippen LogP contribution is -2.24. The van der Waals surface area contributed by atoms with Crippen molar-refractivity contribution in [3.63, 3.8) is 0 Å². The number of aromatic nitrogens is 1. The molecule has 0 saturated carbocycles. The number of nitrogens with one attached hydrogen (secondary N) is 1. The lowest BCUT2D eigenvalue weighted by Gasteiger charge is -2.07. The van der Waals surface area contributed by atoms with Crippen molar-refractivity contribution in [2.24, 2.45) is 0 Å². The van der Waals surface area contributed by atoms with Gasteiger partial charge in [0.25, 0.3) is 0 Å². The number of thiazole rings is 1. The summed E-state index contributed by atoms with van der Waals surface area (Å²) in [5, 5.41) is 1.36. The summed E-state index contributed by atoms with van der Waals surface area (Å²) in [7, 11) is -1.69. The fourth-order valence-electron chi connectivity index (χ4n) is 1.91. The molecule has 2 rings (SSSR count). The Bertz CT molecular complexity index is 772. The molecular formula is C14H17ClN2O3S2. The highest BCUT2D eigenvalue weighted by molar-refractivity contribution is 7.89. The van der Waals surface area contributed by atoms with Gasteiger partial charge in [0.15, 0.2) is 0 Å². The van der Waals surface area contributed by atoms with Gasteiger partial charge in [-0.3, -0.25) is 0 Å². The number of hydrogen-bond donors (Lipinski definition) is 1. The molecular weight excluding hydrogens is 344 g/mol. The van der Waals surface area contributed by atoms with E-state index in [2.05, 4.69) is 9.71 Å². The zero-order valence-corrected chi connectivity index (χ0v) is 14.9. The SMILES string of the molecule is CCS(=O)(=O)NCc1sc(C)nc1-c1ccc(OC)c(Cl)c1. The van der Waals surface area contributed by atoms with Crippen molar-refractivity contribution in [2.45, 2.75) is 20.4 Å². The Hall–Kier alpha value is -1.15. The molecule has 0 atom stereocenters. The molecule has 0 aliphatic heterocycles. The van der Waals surface area contributed by atoms with Crippen molar-refractivity contribution in [1.29, 1.82) is 0 Å². The van der Waals surface area contributed by atoms with Gasteiger partial charge in [-0.25, -0.2) is 18.1 Å². The van der Waals surface area contributed by atoms with E-state index in [0.29, 0.717) is 10.8 Å². The van der Waals surface area contributed by atoms with Gasteiger partial charge in [-0.15, -0.1) is 11.3 Å². The van der Waals surface area contributed by atoms with E-state index < -0.39 is 10.0 Å². The first-order chi connectivity index (χ1) is 10.4. The molecule has 0 fully saturated rings. The molecule has 22 heavy (non-hydrogen) atoms. The Labute approximate surface area is 139 Å². The summed E-state index contributed by atoms with van der Waals surface area (Å²) < 4.78 is 30.9. The maximum Gasteiger partial charge on any atom is 0.211 e. The van der Waals surface area contributed by atoms with Crippen LogP contribution in [0.4, 0.5) is 0 Å². The molecule has 1 aromatic heterocycles. The fraction of sp³-hybridized carbons (Fsp3) is 0.357. The predicted octanol–water partition coefficient (Wildman–Crippen LogP) is 3.22. The summed E-state index contributed by atoms with van der Waals surface area (Å²) in [5.74, 6) is 0.639. The first-order valence-electron chi connectivity index (χ1n) is 6.64. The topological polar surface area (TPSA) is 68.3 Å². The molecule has 1 N–H and O–H groups in total. The van der Waals surface area contributed by atoms with E-state index in [1.54, 1.807) is 26.2 Å². The van der Waals surface area contributed by atoms with Crippen LogP contribution in [0.1, 0.15) is 16.8 Å². The van der Waals surface area contributed by atoms with Crippen LogP contribution >= 0.6 is 22.9 Å². The zero-order chi connectivity index (χ0) is 16.3.